The van der Waals surface area contributed by atoms with Gasteiger partial charge in [-0.3, -0.25) is 4.79 Å². The van der Waals surface area contributed by atoms with E-state index in [2.05, 4.69) is 20.8 Å². The van der Waals surface area contributed by atoms with E-state index in [0.717, 1.165) is 12.8 Å². The van der Waals surface area contributed by atoms with Gasteiger partial charge in [0.15, 0.2) is 0 Å². The Hall–Kier alpha value is -0.450. The first-order valence-corrected chi connectivity index (χ1v) is 10.4. The number of hydrogen-bond donors (Lipinski definition) is 0. The molecule has 4 heteroatoms. The number of nitrogens with zero attached hydrogens (tertiary/aromatic N) is 2. The van der Waals surface area contributed by atoms with Gasteiger partial charge in [-0.1, -0.05) is 0 Å². The van der Waals surface area contributed by atoms with Gasteiger partial charge in [-0.05, 0) is 80.6 Å². The molecule has 1 aliphatic rings. The summed E-state index contributed by atoms with van der Waals surface area (Å²) in [5.41, 5.74) is -0.884. The molecule has 1 rings (SSSR count). The Kier molecular flexibility index (Phi) is 8.10. The standard InChI is InChI=1S/C21H42N2O2/c1-8-23(9-2,10-3)15-13-11-12-14-19(24)18-16-20(4,5)22(25)21(6,7)17-18/h18H,8-17H2,1-7H3/q+1. The van der Waals surface area contributed by atoms with Crippen molar-refractivity contribution in [1.82, 2.24) is 5.06 Å². The average molecular weight is 355 g/mol. The minimum Gasteiger partial charge on any atom is -0.324 e. The van der Waals surface area contributed by atoms with E-state index in [0.29, 0.717) is 25.0 Å². The van der Waals surface area contributed by atoms with Crippen LogP contribution < -0.4 is 0 Å². The van der Waals surface area contributed by atoms with Gasteiger partial charge in [-0.25, -0.2) is 0 Å². The molecule has 0 spiro atoms. The second kappa shape index (κ2) is 8.96. The second-order valence-corrected chi connectivity index (χ2v) is 9.32. The Morgan fingerprint density at radius 3 is 1.84 bits per heavy atom. The Labute approximate surface area is 156 Å². The van der Waals surface area contributed by atoms with Gasteiger partial charge in [0.25, 0.3) is 0 Å². The summed E-state index contributed by atoms with van der Waals surface area (Å²) in [5.74, 6) is 0.420. The molecular formula is C21H42N2O2+. The summed E-state index contributed by atoms with van der Waals surface area (Å²) in [6, 6.07) is 0. The Morgan fingerprint density at radius 1 is 0.920 bits per heavy atom. The maximum atomic E-state index is 12.7. The van der Waals surface area contributed by atoms with E-state index in [9.17, 15) is 10.0 Å². The first-order valence-electron chi connectivity index (χ1n) is 10.4. The van der Waals surface area contributed by atoms with Gasteiger partial charge in [0, 0.05) is 23.4 Å². The van der Waals surface area contributed by atoms with Crippen LogP contribution in [0.5, 0.6) is 0 Å². The Bertz CT molecular complexity index is 401. The zero-order valence-electron chi connectivity index (χ0n) is 17.9. The van der Waals surface area contributed by atoms with Gasteiger partial charge in [0.05, 0.1) is 26.2 Å². The maximum absolute atomic E-state index is 12.7. The van der Waals surface area contributed by atoms with E-state index < -0.39 is 11.1 Å². The molecule has 25 heavy (non-hydrogen) atoms. The summed E-state index contributed by atoms with van der Waals surface area (Å²) < 4.78 is 1.19. The number of unbranched alkanes of at least 4 members (excludes halogenated alkanes) is 2. The number of hydrogen-bond acceptors (Lipinski definition) is 2. The first kappa shape index (κ1) is 22.6. The predicted octanol–water partition coefficient (Wildman–Crippen LogP) is 4.61. The lowest BCUT2D eigenvalue weighted by Gasteiger charge is -2.49. The molecular weight excluding hydrogens is 312 g/mol. The molecule has 0 bridgehead atoms. The second-order valence-electron chi connectivity index (χ2n) is 9.32. The molecule has 0 aromatic heterocycles. The lowest BCUT2D eigenvalue weighted by Crippen LogP contribution is -2.59. The van der Waals surface area contributed by atoms with Crippen molar-refractivity contribution in [1.29, 1.82) is 0 Å². The van der Waals surface area contributed by atoms with Crippen LogP contribution in [-0.4, -0.2) is 52.6 Å². The van der Waals surface area contributed by atoms with Crippen LogP contribution in [0.3, 0.4) is 0 Å². The van der Waals surface area contributed by atoms with E-state index in [1.54, 1.807) is 0 Å². The molecule has 0 atom stereocenters. The fourth-order valence-electron chi connectivity index (χ4n) is 4.76. The summed E-state index contributed by atoms with van der Waals surface area (Å²) in [6.45, 7) is 19.5. The molecule has 1 radical (unpaired) electrons. The van der Waals surface area contributed by atoms with E-state index in [4.69, 9.17) is 0 Å². The van der Waals surface area contributed by atoms with Crippen LogP contribution in [0.1, 0.15) is 87.0 Å². The van der Waals surface area contributed by atoms with Crippen LogP contribution in [0.4, 0.5) is 0 Å². The number of piperidine rings is 1. The number of ketones is 1. The lowest BCUT2D eigenvalue weighted by molar-refractivity contribution is -0.923. The summed E-state index contributed by atoms with van der Waals surface area (Å²) in [5, 5.41) is 13.6. The molecule has 147 valence electrons. The molecule has 0 aromatic rings. The summed E-state index contributed by atoms with van der Waals surface area (Å²) in [6.07, 6.45) is 5.41. The Morgan fingerprint density at radius 2 is 1.40 bits per heavy atom. The molecule has 0 N–H and O–H groups in total. The van der Waals surface area contributed by atoms with Crippen molar-refractivity contribution in [3.05, 3.63) is 0 Å². The SMILES string of the molecule is CC[N+](CC)(CC)CCCCCC(=O)C1CC(C)(C)N([O])C(C)(C)C1. The highest BCUT2D eigenvalue weighted by atomic mass is 16.5. The van der Waals surface area contributed by atoms with Gasteiger partial charge in [-0.15, -0.1) is 10.3 Å². The van der Waals surface area contributed by atoms with Gasteiger partial charge in [-0.2, -0.15) is 0 Å². The molecule has 4 nitrogen and oxygen atoms in total. The molecule has 1 saturated heterocycles. The van der Waals surface area contributed by atoms with Crippen molar-refractivity contribution < 1.29 is 14.5 Å². The highest BCUT2D eigenvalue weighted by molar-refractivity contribution is 5.81. The summed E-state index contributed by atoms with van der Waals surface area (Å²) >= 11 is 0. The fraction of sp³-hybridized carbons (Fsp3) is 0.952. The zero-order valence-corrected chi connectivity index (χ0v) is 17.9. The molecule has 0 amide bonds. The zero-order chi connectivity index (χ0) is 19.3. The highest BCUT2D eigenvalue weighted by Gasteiger charge is 2.47. The number of carbonyl (C=O) groups is 1. The van der Waals surface area contributed by atoms with Crippen molar-refractivity contribution in [2.45, 2.75) is 98.1 Å². The van der Waals surface area contributed by atoms with E-state index >= 15 is 0 Å². The van der Waals surface area contributed by atoms with Crippen molar-refractivity contribution in [3.63, 3.8) is 0 Å². The largest absolute Gasteiger partial charge is 0.324 e. The van der Waals surface area contributed by atoms with Crippen molar-refractivity contribution in [3.8, 4) is 0 Å². The van der Waals surface area contributed by atoms with Crippen LogP contribution in [0, 0.1) is 5.92 Å². The normalized spacial score (nSPS) is 21.4. The topological polar surface area (TPSA) is 40.2 Å². The van der Waals surface area contributed by atoms with Crippen molar-refractivity contribution in [2.75, 3.05) is 26.2 Å². The van der Waals surface area contributed by atoms with Gasteiger partial charge in [0.2, 0.25) is 0 Å². The number of rotatable bonds is 10. The van der Waals surface area contributed by atoms with Crippen LogP contribution in [0.25, 0.3) is 0 Å². The maximum Gasteiger partial charge on any atom is 0.136 e. The number of hydroxylamine groups is 2. The molecule has 0 saturated carbocycles. The lowest BCUT2D eigenvalue weighted by atomic mass is 9.73. The summed E-state index contributed by atoms with van der Waals surface area (Å²) in [7, 11) is 0. The van der Waals surface area contributed by atoms with E-state index in [-0.39, 0.29) is 5.92 Å². The predicted molar refractivity (Wildman–Crippen MR) is 104 cm³/mol. The molecule has 0 aromatic carbocycles. The summed E-state index contributed by atoms with van der Waals surface area (Å²) in [4.78, 5) is 12.7. The van der Waals surface area contributed by atoms with Gasteiger partial charge in [0.1, 0.15) is 5.78 Å². The number of carbonyl (C=O) groups excluding carboxylic acids is 1. The number of quaternary nitrogens is 1. The number of Topliss-reactive ketones (excluding diaryl/α,β-unsaturated/α-hetero) is 1. The average Bonchev–Trinajstić information content (AvgIpc) is 2.55. The third-order valence-corrected chi connectivity index (χ3v) is 6.61. The minimum absolute atomic E-state index is 0.0481. The molecule has 1 heterocycles. The van der Waals surface area contributed by atoms with E-state index in [1.165, 1.54) is 42.1 Å². The molecule has 0 aliphatic carbocycles. The van der Waals surface area contributed by atoms with Crippen LogP contribution in [0.15, 0.2) is 0 Å². The third kappa shape index (κ3) is 5.77. The van der Waals surface area contributed by atoms with E-state index in [1.807, 2.05) is 27.7 Å². The van der Waals surface area contributed by atoms with Crippen LogP contribution in [0.2, 0.25) is 0 Å². The molecule has 1 fully saturated rings. The fourth-order valence-corrected chi connectivity index (χ4v) is 4.76. The monoisotopic (exact) mass is 354 g/mol. The first-order chi connectivity index (χ1) is 11.5. The third-order valence-electron chi connectivity index (χ3n) is 6.61. The Balaban J connectivity index is 2.42. The highest BCUT2D eigenvalue weighted by Crippen LogP contribution is 2.41. The molecule has 0 unspecified atom stereocenters. The smallest absolute Gasteiger partial charge is 0.136 e. The van der Waals surface area contributed by atoms with Gasteiger partial charge < -0.3 is 4.48 Å². The van der Waals surface area contributed by atoms with Crippen LogP contribution >= 0.6 is 0 Å². The van der Waals surface area contributed by atoms with Crippen molar-refractivity contribution >= 4 is 5.78 Å². The van der Waals surface area contributed by atoms with Crippen LogP contribution in [-0.2, 0) is 10.0 Å². The van der Waals surface area contributed by atoms with Gasteiger partial charge >= 0.3 is 0 Å². The minimum atomic E-state index is -0.442. The molecule has 1 aliphatic heterocycles. The quantitative estimate of drug-likeness (QED) is 0.425. The van der Waals surface area contributed by atoms with Crippen molar-refractivity contribution in [2.24, 2.45) is 5.92 Å².